The third-order valence-electron chi connectivity index (χ3n) is 4.97. The minimum Gasteiger partial charge on any atom is -0.338 e. The first-order chi connectivity index (χ1) is 9.22. The average Bonchev–Trinajstić information content (AvgIpc) is 2.46. The van der Waals surface area contributed by atoms with Crippen LogP contribution in [0.15, 0.2) is 12.2 Å². The molecule has 0 aromatic rings. The van der Waals surface area contributed by atoms with E-state index in [1.807, 2.05) is 4.90 Å². The molecule has 0 spiro atoms. The number of amides is 2. The van der Waals surface area contributed by atoms with E-state index in [0.29, 0.717) is 18.4 Å². The van der Waals surface area contributed by atoms with Crippen LogP contribution in [0.25, 0.3) is 0 Å². The molecule has 0 radical (unpaired) electrons. The van der Waals surface area contributed by atoms with Crippen molar-refractivity contribution < 1.29 is 4.79 Å². The molecule has 2 amide bonds. The van der Waals surface area contributed by atoms with E-state index in [0.717, 1.165) is 31.8 Å². The molecule has 4 nitrogen and oxygen atoms in total. The SMILES string of the molecule is NC1CCCN(C(=O)NCC2CC3C=CC2CC3)C1. The molecule has 4 unspecified atom stereocenters. The summed E-state index contributed by atoms with van der Waals surface area (Å²) in [5, 5.41) is 3.13. The second-order valence-electron chi connectivity index (χ2n) is 6.42. The van der Waals surface area contributed by atoms with Crippen molar-refractivity contribution in [3.05, 3.63) is 12.2 Å². The lowest BCUT2D eigenvalue weighted by Gasteiger charge is -2.38. The van der Waals surface area contributed by atoms with E-state index >= 15 is 0 Å². The van der Waals surface area contributed by atoms with Crippen LogP contribution in [0.1, 0.15) is 32.1 Å². The standard InChI is InChI=1S/C15H25N3O/c16-14-2-1-7-18(10-14)15(19)17-9-13-8-11-3-5-12(13)6-4-11/h3,5,11-14H,1-2,4,6-10,16H2,(H,17,19). The molecule has 1 heterocycles. The van der Waals surface area contributed by atoms with Crippen molar-refractivity contribution in [2.75, 3.05) is 19.6 Å². The molecule has 1 saturated heterocycles. The van der Waals surface area contributed by atoms with Crippen molar-refractivity contribution in [1.29, 1.82) is 0 Å². The molecule has 3 N–H and O–H groups in total. The van der Waals surface area contributed by atoms with Gasteiger partial charge < -0.3 is 16.0 Å². The van der Waals surface area contributed by atoms with Gasteiger partial charge in [0.25, 0.3) is 0 Å². The Hall–Kier alpha value is -1.03. The minimum absolute atomic E-state index is 0.0839. The van der Waals surface area contributed by atoms with Crippen LogP contribution >= 0.6 is 0 Å². The van der Waals surface area contributed by atoms with E-state index in [2.05, 4.69) is 17.5 Å². The summed E-state index contributed by atoms with van der Waals surface area (Å²) in [6, 6.07) is 0.244. The topological polar surface area (TPSA) is 58.4 Å². The Labute approximate surface area is 115 Å². The third kappa shape index (κ3) is 2.94. The average molecular weight is 263 g/mol. The second kappa shape index (κ2) is 5.53. The van der Waals surface area contributed by atoms with Gasteiger partial charge >= 0.3 is 6.03 Å². The van der Waals surface area contributed by atoms with Gasteiger partial charge in [-0.15, -0.1) is 0 Å². The molecule has 2 bridgehead atoms. The highest BCUT2D eigenvalue weighted by atomic mass is 16.2. The second-order valence-corrected chi connectivity index (χ2v) is 6.42. The Balaban J connectivity index is 1.47. The quantitative estimate of drug-likeness (QED) is 0.745. The zero-order chi connectivity index (χ0) is 13.2. The molecular weight excluding hydrogens is 238 g/mol. The maximum Gasteiger partial charge on any atom is 0.317 e. The minimum atomic E-state index is 0.0839. The Bertz CT molecular complexity index is 368. The van der Waals surface area contributed by atoms with E-state index in [9.17, 15) is 4.79 Å². The van der Waals surface area contributed by atoms with E-state index in [-0.39, 0.29) is 12.1 Å². The highest BCUT2D eigenvalue weighted by molar-refractivity contribution is 5.74. The molecule has 106 valence electrons. The molecular formula is C15H25N3O. The summed E-state index contributed by atoms with van der Waals surface area (Å²) in [5.41, 5.74) is 5.92. The van der Waals surface area contributed by atoms with E-state index in [1.165, 1.54) is 19.3 Å². The van der Waals surface area contributed by atoms with Gasteiger partial charge in [0.1, 0.15) is 0 Å². The summed E-state index contributed by atoms with van der Waals surface area (Å²) in [6.07, 6.45) is 10.7. The lowest BCUT2D eigenvalue weighted by molar-refractivity contribution is 0.169. The first-order valence-corrected chi connectivity index (χ1v) is 7.69. The van der Waals surface area contributed by atoms with Crippen LogP contribution in [0.5, 0.6) is 0 Å². The van der Waals surface area contributed by atoms with E-state index in [1.54, 1.807) is 0 Å². The molecule has 4 rings (SSSR count). The van der Waals surface area contributed by atoms with Crippen LogP contribution in [0.3, 0.4) is 0 Å². The summed E-state index contributed by atoms with van der Waals surface area (Å²) < 4.78 is 0. The number of likely N-dealkylation sites (tertiary alicyclic amines) is 1. The van der Waals surface area contributed by atoms with Crippen molar-refractivity contribution in [2.24, 2.45) is 23.5 Å². The van der Waals surface area contributed by atoms with Crippen LogP contribution in [-0.2, 0) is 0 Å². The summed E-state index contributed by atoms with van der Waals surface area (Å²) in [4.78, 5) is 14.0. The number of rotatable bonds is 2. The third-order valence-corrected chi connectivity index (χ3v) is 4.97. The molecule has 19 heavy (non-hydrogen) atoms. The summed E-state index contributed by atoms with van der Waals surface area (Å²) in [6.45, 7) is 2.40. The highest BCUT2D eigenvalue weighted by Crippen LogP contribution is 2.39. The van der Waals surface area contributed by atoms with E-state index < -0.39 is 0 Å². The maximum atomic E-state index is 12.1. The highest BCUT2D eigenvalue weighted by Gasteiger charge is 2.32. The molecule has 4 atom stereocenters. The molecule has 0 aromatic heterocycles. The normalized spacial score (nSPS) is 37.4. The summed E-state index contributed by atoms with van der Waals surface area (Å²) >= 11 is 0. The van der Waals surface area contributed by atoms with Gasteiger partial charge in [-0.05, 0) is 49.9 Å². The predicted molar refractivity (Wildman–Crippen MR) is 75.6 cm³/mol. The number of fused-ring (bicyclic) bond motifs is 2. The monoisotopic (exact) mass is 263 g/mol. The zero-order valence-corrected chi connectivity index (χ0v) is 11.6. The van der Waals surface area contributed by atoms with Gasteiger partial charge in [-0.3, -0.25) is 0 Å². The Morgan fingerprint density at radius 1 is 1.32 bits per heavy atom. The van der Waals surface area contributed by atoms with Gasteiger partial charge in [-0.1, -0.05) is 12.2 Å². The van der Waals surface area contributed by atoms with Crippen molar-refractivity contribution in [3.8, 4) is 0 Å². The van der Waals surface area contributed by atoms with Gasteiger partial charge in [0.2, 0.25) is 0 Å². The molecule has 4 aliphatic rings. The van der Waals surface area contributed by atoms with Gasteiger partial charge in [-0.25, -0.2) is 4.79 Å². The van der Waals surface area contributed by atoms with Gasteiger partial charge in [0.15, 0.2) is 0 Å². The number of nitrogens with one attached hydrogen (secondary N) is 1. The fraction of sp³-hybridized carbons (Fsp3) is 0.800. The number of nitrogens with zero attached hydrogens (tertiary/aromatic N) is 1. The van der Waals surface area contributed by atoms with Gasteiger partial charge in [-0.2, -0.15) is 0 Å². The molecule has 1 aliphatic heterocycles. The Kier molecular flexibility index (Phi) is 3.78. The lowest BCUT2D eigenvalue weighted by atomic mass is 9.69. The number of carbonyl (C=O) groups excluding carboxylic acids is 1. The van der Waals surface area contributed by atoms with E-state index in [4.69, 9.17) is 5.73 Å². The molecule has 2 fully saturated rings. The molecule has 3 aliphatic carbocycles. The predicted octanol–water partition coefficient (Wildman–Crippen LogP) is 1.72. The van der Waals surface area contributed by atoms with Crippen molar-refractivity contribution in [3.63, 3.8) is 0 Å². The first kappa shape index (κ1) is 13.0. The number of urea groups is 1. The number of allylic oxidation sites excluding steroid dienone is 2. The Morgan fingerprint density at radius 2 is 2.21 bits per heavy atom. The first-order valence-electron chi connectivity index (χ1n) is 7.69. The lowest BCUT2D eigenvalue weighted by Crippen LogP contribution is -2.50. The molecule has 1 saturated carbocycles. The Morgan fingerprint density at radius 3 is 2.84 bits per heavy atom. The van der Waals surface area contributed by atoms with Crippen LogP contribution in [0.4, 0.5) is 4.79 Å². The van der Waals surface area contributed by atoms with Crippen LogP contribution in [0, 0.1) is 17.8 Å². The zero-order valence-electron chi connectivity index (χ0n) is 11.6. The molecule has 4 heteroatoms. The van der Waals surface area contributed by atoms with Crippen molar-refractivity contribution in [2.45, 2.75) is 38.1 Å². The molecule has 0 aromatic carbocycles. The fourth-order valence-corrected chi connectivity index (χ4v) is 3.81. The van der Waals surface area contributed by atoms with Crippen molar-refractivity contribution in [1.82, 2.24) is 10.2 Å². The fourth-order valence-electron chi connectivity index (χ4n) is 3.81. The number of nitrogens with two attached hydrogens (primary N) is 1. The number of hydrogen-bond acceptors (Lipinski definition) is 2. The van der Waals surface area contributed by atoms with Crippen LogP contribution in [-0.4, -0.2) is 36.6 Å². The largest absolute Gasteiger partial charge is 0.338 e. The summed E-state index contributed by atoms with van der Waals surface area (Å²) in [7, 11) is 0. The van der Waals surface area contributed by atoms with Gasteiger partial charge in [0.05, 0.1) is 0 Å². The summed E-state index contributed by atoms with van der Waals surface area (Å²) in [5.74, 6) is 2.09. The maximum absolute atomic E-state index is 12.1. The van der Waals surface area contributed by atoms with Crippen molar-refractivity contribution >= 4 is 6.03 Å². The van der Waals surface area contributed by atoms with Crippen LogP contribution in [0.2, 0.25) is 0 Å². The smallest absolute Gasteiger partial charge is 0.317 e. The van der Waals surface area contributed by atoms with Gasteiger partial charge in [0, 0.05) is 25.7 Å². The number of piperidine rings is 1. The number of carbonyl (C=O) groups is 1. The number of hydrogen-bond donors (Lipinski definition) is 2. The van der Waals surface area contributed by atoms with Crippen LogP contribution < -0.4 is 11.1 Å².